The largest absolute Gasteiger partial charge is 0.401 e. The third kappa shape index (κ3) is 5.23. The van der Waals surface area contributed by atoms with Crippen molar-refractivity contribution >= 4 is 35.0 Å². The Morgan fingerprint density at radius 2 is 2.17 bits per heavy atom. The lowest BCUT2D eigenvalue weighted by Gasteiger charge is -2.24. The maximum Gasteiger partial charge on any atom is 0.401 e. The first-order chi connectivity index (χ1) is 14.0. The van der Waals surface area contributed by atoms with E-state index in [1.165, 1.54) is 17.1 Å². The predicted molar refractivity (Wildman–Crippen MR) is 104 cm³/mol. The molecule has 1 saturated carbocycles. The van der Waals surface area contributed by atoms with Gasteiger partial charge in [-0.05, 0) is 19.1 Å². The Labute approximate surface area is 178 Å². The molecule has 2 aromatic heterocycles. The predicted octanol–water partition coefficient (Wildman–Crippen LogP) is 4.98. The van der Waals surface area contributed by atoms with E-state index >= 15 is 0 Å². The average molecular weight is 469 g/mol. The molecule has 1 amide bonds. The fourth-order valence-electron chi connectivity index (χ4n) is 2.85. The van der Waals surface area contributed by atoms with Crippen LogP contribution in [0.15, 0.2) is 30.7 Å². The first kappa shape index (κ1) is 22.8. The summed E-state index contributed by atoms with van der Waals surface area (Å²) in [7, 11) is 0. The van der Waals surface area contributed by atoms with E-state index in [-0.39, 0.29) is 23.1 Å². The molecular weight excluding hydrogens is 451 g/mol. The van der Waals surface area contributed by atoms with Crippen molar-refractivity contribution < 1.29 is 26.7 Å². The number of hydrogen-bond acceptors (Lipinski definition) is 4. The lowest BCUT2D eigenvalue weighted by molar-refractivity contribution is -0.138. The lowest BCUT2D eigenvalue weighted by atomic mass is 10.2. The summed E-state index contributed by atoms with van der Waals surface area (Å²) in [5.41, 5.74) is 0.718. The van der Waals surface area contributed by atoms with Gasteiger partial charge in [-0.15, -0.1) is 11.8 Å². The van der Waals surface area contributed by atoms with Gasteiger partial charge in [-0.25, -0.2) is 13.5 Å². The smallest absolute Gasteiger partial charge is 0.308 e. The Hall–Kier alpha value is -1.88. The van der Waals surface area contributed by atoms with Gasteiger partial charge in [0.05, 0.1) is 18.1 Å². The molecule has 1 fully saturated rings. The van der Waals surface area contributed by atoms with Crippen molar-refractivity contribution in [3.8, 4) is 5.69 Å². The first-order valence-corrected chi connectivity index (χ1v) is 10.5. The molecular formula is C18H18ClF5N4OS. The van der Waals surface area contributed by atoms with Gasteiger partial charge in [0.1, 0.15) is 10.9 Å². The van der Waals surface area contributed by atoms with Crippen molar-refractivity contribution in [2.75, 3.05) is 17.2 Å². The number of rotatable bonds is 8. The average Bonchev–Trinajstić information content (AvgIpc) is 3.11. The fourth-order valence-corrected chi connectivity index (χ4v) is 4.36. The van der Waals surface area contributed by atoms with Gasteiger partial charge in [-0.2, -0.15) is 18.3 Å². The van der Waals surface area contributed by atoms with Crippen LogP contribution in [0.3, 0.4) is 0 Å². The molecule has 0 aromatic carbocycles. The molecule has 2 unspecified atom stereocenters. The number of aromatic nitrogens is 3. The first-order valence-electron chi connectivity index (χ1n) is 9.05. The summed E-state index contributed by atoms with van der Waals surface area (Å²) in [5, 5.41) is 1.95. The number of carbonyl (C=O) groups excluding carboxylic acids is 1. The van der Waals surface area contributed by atoms with E-state index in [9.17, 15) is 26.7 Å². The van der Waals surface area contributed by atoms with E-state index in [0.717, 1.165) is 4.90 Å². The summed E-state index contributed by atoms with van der Waals surface area (Å²) >= 11 is 6.47. The van der Waals surface area contributed by atoms with Crippen molar-refractivity contribution in [3.05, 3.63) is 35.9 Å². The molecule has 164 valence electrons. The maximum atomic E-state index is 13.4. The molecule has 12 heteroatoms. The molecule has 3 rings (SSSR count). The second kappa shape index (κ2) is 8.70. The maximum absolute atomic E-state index is 13.4. The minimum Gasteiger partial charge on any atom is -0.308 e. The zero-order valence-corrected chi connectivity index (χ0v) is 17.3. The number of anilines is 1. The molecule has 1 aliphatic rings. The Morgan fingerprint density at radius 3 is 2.70 bits per heavy atom. The van der Waals surface area contributed by atoms with Crippen molar-refractivity contribution in [3.63, 3.8) is 0 Å². The van der Waals surface area contributed by atoms with Gasteiger partial charge in [-0.3, -0.25) is 9.78 Å². The molecule has 0 saturated heterocycles. The minimum absolute atomic E-state index is 0.0529. The van der Waals surface area contributed by atoms with Crippen molar-refractivity contribution in [1.82, 2.24) is 14.8 Å². The quantitative estimate of drug-likeness (QED) is 0.513. The monoisotopic (exact) mass is 468 g/mol. The number of carbonyl (C=O) groups is 1. The standard InChI is InChI=1S/C18H18ClF5N4OS/c1-2-27(13-9-28(26-16(13)19)12-4-3-5-25-8-12)15(29)6-14(18(22,23)24)30-10-11-7-17(11,20)21/h3-5,8-9,11,14H,2,6-7,10H2,1H3. The van der Waals surface area contributed by atoms with Crippen LogP contribution >= 0.6 is 23.4 Å². The van der Waals surface area contributed by atoms with E-state index in [1.54, 1.807) is 25.3 Å². The van der Waals surface area contributed by atoms with Crippen LogP contribution in [0.5, 0.6) is 0 Å². The van der Waals surface area contributed by atoms with Crippen LogP contribution in [-0.4, -0.2) is 50.3 Å². The van der Waals surface area contributed by atoms with Gasteiger partial charge in [0.2, 0.25) is 5.91 Å². The molecule has 0 bridgehead atoms. The fraction of sp³-hybridized carbons (Fsp3) is 0.500. The highest BCUT2D eigenvalue weighted by atomic mass is 35.5. The van der Waals surface area contributed by atoms with Crippen LogP contribution in [0, 0.1) is 5.92 Å². The Kier molecular flexibility index (Phi) is 6.61. The topological polar surface area (TPSA) is 51.0 Å². The highest BCUT2D eigenvalue weighted by molar-refractivity contribution is 8.00. The van der Waals surface area contributed by atoms with Crippen molar-refractivity contribution in [2.24, 2.45) is 5.92 Å². The van der Waals surface area contributed by atoms with E-state index in [2.05, 4.69) is 10.1 Å². The number of halogens is 6. The molecule has 0 aliphatic heterocycles. The summed E-state index contributed by atoms with van der Waals surface area (Å²) in [6.07, 6.45) is -1.49. The lowest BCUT2D eigenvalue weighted by Crippen LogP contribution is -2.37. The van der Waals surface area contributed by atoms with E-state index < -0.39 is 42.0 Å². The van der Waals surface area contributed by atoms with Gasteiger partial charge in [0.15, 0.2) is 5.15 Å². The Balaban J connectivity index is 1.73. The summed E-state index contributed by atoms with van der Waals surface area (Å²) in [4.78, 5) is 17.7. The van der Waals surface area contributed by atoms with Gasteiger partial charge < -0.3 is 4.90 Å². The van der Waals surface area contributed by atoms with Crippen LogP contribution in [0.1, 0.15) is 19.8 Å². The number of thioether (sulfide) groups is 1. The Bertz CT molecular complexity index is 892. The van der Waals surface area contributed by atoms with E-state index in [4.69, 9.17) is 11.6 Å². The Morgan fingerprint density at radius 1 is 1.47 bits per heavy atom. The molecule has 1 aliphatic carbocycles. The number of amides is 1. The van der Waals surface area contributed by atoms with Crippen LogP contribution in [0.25, 0.3) is 5.69 Å². The molecule has 0 N–H and O–H groups in total. The molecule has 0 spiro atoms. The number of nitrogens with zero attached hydrogens (tertiary/aromatic N) is 4. The van der Waals surface area contributed by atoms with E-state index in [1.807, 2.05) is 0 Å². The minimum atomic E-state index is -4.70. The molecule has 2 atom stereocenters. The van der Waals surface area contributed by atoms with E-state index in [0.29, 0.717) is 17.4 Å². The molecule has 0 radical (unpaired) electrons. The highest BCUT2D eigenvalue weighted by Gasteiger charge is 2.57. The van der Waals surface area contributed by atoms with Crippen molar-refractivity contribution in [1.29, 1.82) is 0 Å². The number of hydrogen-bond donors (Lipinski definition) is 0. The van der Waals surface area contributed by atoms with Gasteiger partial charge >= 0.3 is 6.18 Å². The zero-order chi connectivity index (χ0) is 22.1. The highest BCUT2D eigenvalue weighted by Crippen LogP contribution is 2.51. The van der Waals surface area contributed by atoms with Crippen LogP contribution in [0.4, 0.5) is 27.6 Å². The normalized spacial score (nSPS) is 18.8. The van der Waals surface area contributed by atoms with Gasteiger partial charge in [0, 0.05) is 37.3 Å². The number of alkyl halides is 5. The SMILES string of the molecule is CCN(C(=O)CC(SCC1CC1(F)F)C(F)(F)F)c1cn(-c2cccnc2)nc1Cl. The molecule has 2 heterocycles. The molecule has 5 nitrogen and oxygen atoms in total. The number of pyridine rings is 1. The van der Waals surface area contributed by atoms with Gasteiger partial charge in [-0.1, -0.05) is 11.6 Å². The summed E-state index contributed by atoms with van der Waals surface area (Å²) < 4.78 is 67.5. The van der Waals surface area contributed by atoms with Crippen LogP contribution in [-0.2, 0) is 4.79 Å². The zero-order valence-electron chi connectivity index (χ0n) is 15.7. The van der Waals surface area contributed by atoms with Crippen molar-refractivity contribution in [2.45, 2.75) is 37.1 Å². The molecule has 2 aromatic rings. The van der Waals surface area contributed by atoms with Crippen LogP contribution < -0.4 is 4.90 Å². The third-order valence-electron chi connectivity index (χ3n) is 4.65. The second-order valence-electron chi connectivity index (χ2n) is 6.83. The van der Waals surface area contributed by atoms with Crippen LogP contribution in [0.2, 0.25) is 5.15 Å². The summed E-state index contributed by atoms with van der Waals surface area (Å²) in [6, 6.07) is 3.37. The molecule has 30 heavy (non-hydrogen) atoms. The third-order valence-corrected chi connectivity index (χ3v) is 6.35. The van der Waals surface area contributed by atoms with Gasteiger partial charge in [0.25, 0.3) is 5.92 Å². The summed E-state index contributed by atoms with van der Waals surface area (Å²) in [6.45, 7) is 1.66. The summed E-state index contributed by atoms with van der Waals surface area (Å²) in [5.74, 6) is -5.15. The second-order valence-corrected chi connectivity index (χ2v) is 8.42.